The molecule has 2 rings (SSSR count). The number of hydrogen-bond acceptors (Lipinski definition) is 3. The van der Waals surface area contributed by atoms with Gasteiger partial charge < -0.3 is 14.5 Å². The zero-order valence-electron chi connectivity index (χ0n) is 11.3. The molecular weight excluding hydrogens is 242 g/mol. The van der Waals surface area contributed by atoms with E-state index in [9.17, 15) is 4.79 Å². The minimum absolute atomic E-state index is 0.135. The number of carbonyl (C=O) groups is 1. The van der Waals surface area contributed by atoms with Crippen LogP contribution in [0.15, 0.2) is 40.8 Å². The lowest BCUT2D eigenvalue weighted by atomic mass is 10.2. The highest BCUT2D eigenvalue weighted by atomic mass is 16.5. The van der Waals surface area contributed by atoms with Gasteiger partial charge in [-0.05, 0) is 50.2 Å². The van der Waals surface area contributed by atoms with Crippen molar-refractivity contribution in [3.63, 3.8) is 0 Å². The zero-order chi connectivity index (χ0) is 13.8. The van der Waals surface area contributed by atoms with Gasteiger partial charge in [0.2, 0.25) is 0 Å². The molecule has 1 aromatic heterocycles. The fourth-order valence-corrected chi connectivity index (χ4v) is 1.78. The fraction of sp³-hybridized carbons (Fsp3) is 0.267. The van der Waals surface area contributed by atoms with Crippen LogP contribution in [0.1, 0.15) is 34.8 Å². The smallest absolute Gasteiger partial charge is 0.251 e. The Bertz CT molecular complexity index is 557. The van der Waals surface area contributed by atoms with Gasteiger partial charge in [0.25, 0.3) is 5.91 Å². The number of hydrogen-bond donors (Lipinski definition) is 1. The molecule has 1 unspecified atom stereocenters. The monoisotopic (exact) mass is 259 g/mol. The summed E-state index contributed by atoms with van der Waals surface area (Å²) in [5, 5.41) is 2.89. The topological polar surface area (TPSA) is 51.5 Å². The summed E-state index contributed by atoms with van der Waals surface area (Å²) >= 11 is 0. The van der Waals surface area contributed by atoms with Crippen molar-refractivity contribution in [1.29, 1.82) is 0 Å². The molecule has 0 fully saturated rings. The number of rotatable bonds is 4. The highest BCUT2D eigenvalue weighted by molar-refractivity contribution is 5.94. The molecule has 0 aliphatic carbocycles. The summed E-state index contributed by atoms with van der Waals surface area (Å²) in [6.07, 6.45) is 0. The molecule has 19 heavy (non-hydrogen) atoms. The molecule has 0 spiro atoms. The fourth-order valence-electron chi connectivity index (χ4n) is 1.78. The summed E-state index contributed by atoms with van der Waals surface area (Å²) < 4.78 is 10.5. The van der Waals surface area contributed by atoms with E-state index in [1.807, 2.05) is 26.0 Å². The summed E-state index contributed by atoms with van der Waals surface area (Å²) in [6, 6.07) is 10.6. The predicted octanol–water partition coefficient (Wildman–Crippen LogP) is 3.09. The summed E-state index contributed by atoms with van der Waals surface area (Å²) in [7, 11) is 1.59. The predicted molar refractivity (Wildman–Crippen MR) is 72.3 cm³/mol. The largest absolute Gasteiger partial charge is 0.497 e. The van der Waals surface area contributed by atoms with Crippen LogP contribution in [0.4, 0.5) is 0 Å². The van der Waals surface area contributed by atoms with Crippen molar-refractivity contribution in [1.82, 2.24) is 5.32 Å². The number of aryl methyl sites for hydroxylation is 1. The van der Waals surface area contributed by atoms with Gasteiger partial charge in [0.15, 0.2) is 0 Å². The first-order valence-corrected chi connectivity index (χ1v) is 6.11. The van der Waals surface area contributed by atoms with E-state index < -0.39 is 0 Å². The molecule has 0 radical (unpaired) electrons. The second kappa shape index (κ2) is 5.61. The Morgan fingerprint density at radius 3 is 2.42 bits per heavy atom. The van der Waals surface area contributed by atoms with E-state index in [1.165, 1.54) is 0 Å². The van der Waals surface area contributed by atoms with Gasteiger partial charge in [0.05, 0.1) is 13.2 Å². The average Bonchev–Trinajstić information content (AvgIpc) is 2.85. The normalized spacial score (nSPS) is 11.9. The summed E-state index contributed by atoms with van der Waals surface area (Å²) in [4.78, 5) is 12.0. The molecule has 0 saturated carbocycles. The molecule has 2 aromatic rings. The minimum atomic E-state index is -0.164. The molecule has 1 heterocycles. The molecule has 1 amide bonds. The molecule has 0 bridgehead atoms. The zero-order valence-corrected chi connectivity index (χ0v) is 11.3. The molecule has 100 valence electrons. The van der Waals surface area contributed by atoms with Crippen LogP contribution < -0.4 is 10.1 Å². The summed E-state index contributed by atoms with van der Waals surface area (Å²) in [5.41, 5.74) is 0.593. The molecule has 4 nitrogen and oxygen atoms in total. The Hall–Kier alpha value is -2.23. The molecule has 0 aliphatic rings. The van der Waals surface area contributed by atoms with Gasteiger partial charge in [-0.2, -0.15) is 0 Å². The Morgan fingerprint density at radius 2 is 1.89 bits per heavy atom. The van der Waals surface area contributed by atoms with Crippen molar-refractivity contribution in [3.05, 3.63) is 53.5 Å². The number of furan rings is 1. The summed E-state index contributed by atoms with van der Waals surface area (Å²) in [5.74, 6) is 2.18. The lowest BCUT2D eigenvalue weighted by Crippen LogP contribution is -2.26. The maximum absolute atomic E-state index is 12.0. The van der Waals surface area contributed by atoms with Crippen molar-refractivity contribution < 1.29 is 13.9 Å². The molecular formula is C15H17NO3. The van der Waals surface area contributed by atoms with Crippen molar-refractivity contribution in [2.75, 3.05) is 7.11 Å². The van der Waals surface area contributed by atoms with E-state index >= 15 is 0 Å². The van der Waals surface area contributed by atoms with Crippen LogP contribution in [0.3, 0.4) is 0 Å². The van der Waals surface area contributed by atoms with E-state index in [0.29, 0.717) is 5.56 Å². The third-order valence-electron chi connectivity index (χ3n) is 2.89. The Kier molecular flexibility index (Phi) is 3.90. The molecule has 0 aliphatic heterocycles. The molecule has 4 heteroatoms. The second-order valence-electron chi connectivity index (χ2n) is 4.37. The maximum Gasteiger partial charge on any atom is 0.251 e. The van der Waals surface area contributed by atoms with Gasteiger partial charge >= 0.3 is 0 Å². The van der Waals surface area contributed by atoms with Crippen LogP contribution in [-0.4, -0.2) is 13.0 Å². The van der Waals surface area contributed by atoms with Crippen LogP contribution in [0.5, 0.6) is 5.75 Å². The number of benzene rings is 1. The number of nitrogens with one attached hydrogen (secondary N) is 1. The number of ether oxygens (including phenoxy) is 1. The first kappa shape index (κ1) is 13.2. The van der Waals surface area contributed by atoms with Gasteiger partial charge in [-0.25, -0.2) is 0 Å². The van der Waals surface area contributed by atoms with E-state index in [2.05, 4.69) is 5.32 Å². The third-order valence-corrected chi connectivity index (χ3v) is 2.89. The Labute approximate surface area is 112 Å². The molecule has 1 N–H and O–H groups in total. The highest BCUT2D eigenvalue weighted by Gasteiger charge is 2.13. The SMILES string of the molecule is COc1ccc(C(=O)NC(C)c2ccc(C)o2)cc1. The van der Waals surface area contributed by atoms with Crippen LogP contribution in [-0.2, 0) is 0 Å². The van der Waals surface area contributed by atoms with E-state index in [0.717, 1.165) is 17.3 Å². The minimum Gasteiger partial charge on any atom is -0.497 e. The maximum atomic E-state index is 12.0. The van der Waals surface area contributed by atoms with Crippen molar-refractivity contribution in [2.24, 2.45) is 0 Å². The van der Waals surface area contributed by atoms with E-state index in [1.54, 1.807) is 31.4 Å². The lowest BCUT2D eigenvalue weighted by molar-refractivity contribution is 0.0935. The average molecular weight is 259 g/mol. The third kappa shape index (κ3) is 3.16. The first-order valence-electron chi connectivity index (χ1n) is 6.11. The van der Waals surface area contributed by atoms with Crippen LogP contribution >= 0.6 is 0 Å². The van der Waals surface area contributed by atoms with E-state index in [-0.39, 0.29) is 11.9 Å². The van der Waals surface area contributed by atoms with Crippen LogP contribution in [0.25, 0.3) is 0 Å². The lowest BCUT2D eigenvalue weighted by Gasteiger charge is -2.11. The molecule has 1 atom stereocenters. The number of carbonyl (C=O) groups excluding carboxylic acids is 1. The Balaban J connectivity index is 2.03. The molecule has 1 aromatic carbocycles. The quantitative estimate of drug-likeness (QED) is 0.918. The standard InChI is InChI=1S/C15H17NO3/c1-10-4-9-14(19-10)11(2)16-15(17)12-5-7-13(18-3)8-6-12/h4-9,11H,1-3H3,(H,16,17). The summed E-state index contributed by atoms with van der Waals surface area (Å²) in [6.45, 7) is 3.77. The number of methoxy groups -OCH3 is 1. The highest BCUT2D eigenvalue weighted by Crippen LogP contribution is 2.17. The second-order valence-corrected chi connectivity index (χ2v) is 4.37. The van der Waals surface area contributed by atoms with Gasteiger partial charge in [0, 0.05) is 5.56 Å². The van der Waals surface area contributed by atoms with E-state index in [4.69, 9.17) is 9.15 Å². The van der Waals surface area contributed by atoms with Crippen molar-refractivity contribution in [2.45, 2.75) is 19.9 Å². The van der Waals surface area contributed by atoms with Gasteiger partial charge in [0.1, 0.15) is 17.3 Å². The van der Waals surface area contributed by atoms with Gasteiger partial charge in [-0.15, -0.1) is 0 Å². The Morgan fingerprint density at radius 1 is 1.21 bits per heavy atom. The molecule has 0 saturated heterocycles. The van der Waals surface area contributed by atoms with Crippen LogP contribution in [0, 0.1) is 6.92 Å². The van der Waals surface area contributed by atoms with Crippen molar-refractivity contribution in [3.8, 4) is 5.75 Å². The van der Waals surface area contributed by atoms with Gasteiger partial charge in [-0.3, -0.25) is 4.79 Å². The number of amides is 1. The van der Waals surface area contributed by atoms with Gasteiger partial charge in [-0.1, -0.05) is 0 Å². The van der Waals surface area contributed by atoms with Crippen LogP contribution in [0.2, 0.25) is 0 Å². The van der Waals surface area contributed by atoms with Crippen molar-refractivity contribution >= 4 is 5.91 Å². The first-order chi connectivity index (χ1) is 9.10.